The summed E-state index contributed by atoms with van der Waals surface area (Å²) in [6.45, 7) is 0.830. The highest BCUT2D eigenvalue weighted by molar-refractivity contribution is 5.64. The van der Waals surface area contributed by atoms with Crippen LogP contribution in [0, 0.1) is 11.3 Å². The molecule has 0 saturated carbocycles. The standard InChI is InChI=1S/C17H12N4O2/c18-8-12-1-3-13(4-2-12)10-21-15(9-19-20-21)14-5-6-16-17(7-14)23-11-22-16/h1-7,9H,10-11H2. The summed E-state index contributed by atoms with van der Waals surface area (Å²) in [5, 5.41) is 17.0. The molecule has 6 nitrogen and oxygen atoms in total. The van der Waals surface area contributed by atoms with Crippen LogP contribution in [0.3, 0.4) is 0 Å². The molecule has 0 bridgehead atoms. The highest BCUT2D eigenvalue weighted by atomic mass is 16.7. The van der Waals surface area contributed by atoms with Gasteiger partial charge in [0.05, 0.1) is 30.1 Å². The van der Waals surface area contributed by atoms with E-state index in [0.29, 0.717) is 12.1 Å². The maximum atomic E-state index is 8.86. The quantitative estimate of drug-likeness (QED) is 0.743. The van der Waals surface area contributed by atoms with Crippen molar-refractivity contribution in [3.8, 4) is 28.8 Å². The van der Waals surface area contributed by atoms with Gasteiger partial charge in [0.15, 0.2) is 11.5 Å². The predicted molar refractivity (Wildman–Crippen MR) is 81.8 cm³/mol. The van der Waals surface area contributed by atoms with Gasteiger partial charge in [0.1, 0.15) is 0 Å². The van der Waals surface area contributed by atoms with Crippen LogP contribution >= 0.6 is 0 Å². The van der Waals surface area contributed by atoms with E-state index in [1.54, 1.807) is 18.3 Å². The van der Waals surface area contributed by atoms with Gasteiger partial charge < -0.3 is 9.47 Å². The van der Waals surface area contributed by atoms with Crippen molar-refractivity contribution in [2.75, 3.05) is 6.79 Å². The molecule has 0 spiro atoms. The zero-order valence-corrected chi connectivity index (χ0v) is 12.1. The third-order valence-corrected chi connectivity index (χ3v) is 3.70. The van der Waals surface area contributed by atoms with Gasteiger partial charge in [-0.3, -0.25) is 0 Å². The van der Waals surface area contributed by atoms with Gasteiger partial charge in [0.25, 0.3) is 0 Å². The molecular formula is C17H12N4O2. The normalized spacial score (nSPS) is 12.1. The van der Waals surface area contributed by atoms with Crippen molar-refractivity contribution >= 4 is 0 Å². The maximum absolute atomic E-state index is 8.86. The molecule has 0 N–H and O–H groups in total. The molecule has 1 aromatic heterocycles. The fourth-order valence-electron chi connectivity index (χ4n) is 2.51. The molecular weight excluding hydrogens is 292 g/mol. The number of nitrogens with zero attached hydrogens (tertiary/aromatic N) is 4. The van der Waals surface area contributed by atoms with Crippen molar-refractivity contribution in [3.63, 3.8) is 0 Å². The van der Waals surface area contributed by atoms with E-state index in [9.17, 15) is 0 Å². The lowest BCUT2D eigenvalue weighted by atomic mass is 10.1. The van der Waals surface area contributed by atoms with Crippen molar-refractivity contribution in [1.29, 1.82) is 5.26 Å². The summed E-state index contributed by atoms with van der Waals surface area (Å²) in [5.74, 6) is 1.48. The largest absolute Gasteiger partial charge is 0.454 e. The number of hydrogen-bond donors (Lipinski definition) is 0. The van der Waals surface area contributed by atoms with Crippen LogP contribution in [-0.4, -0.2) is 21.8 Å². The average Bonchev–Trinajstić information content (AvgIpc) is 3.23. The zero-order valence-electron chi connectivity index (χ0n) is 12.1. The number of rotatable bonds is 3. The number of benzene rings is 2. The van der Waals surface area contributed by atoms with Crippen LogP contribution in [0.5, 0.6) is 11.5 Å². The Labute approximate surface area is 132 Å². The van der Waals surface area contributed by atoms with E-state index in [-0.39, 0.29) is 6.79 Å². The number of nitriles is 1. The van der Waals surface area contributed by atoms with Crippen LogP contribution in [0.1, 0.15) is 11.1 Å². The highest BCUT2D eigenvalue weighted by Crippen LogP contribution is 2.35. The van der Waals surface area contributed by atoms with E-state index in [2.05, 4.69) is 16.4 Å². The van der Waals surface area contributed by atoms with E-state index in [1.807, 2.05) is 35.0 Å². The minimum absolute atomic E-state index is 0.252. The summed E-state index contributed by atoms with van der Waals surface area (Å²) in [4.78, 5) is 0. The van der Waals surface area contributed by atoms with Gasteiger partial charge in [-0.15, -0.1) is 5.10 Å². The smallest absolute Gasteiger partial charge is 0.231 e. The Balaban J connectivity index is 1.64. The molecule has 0 unspecified atom stereocenters. The molecule has 1 aliphatic rings. The van der Waals surface area contributed by atoms with E-state index in [4.69, 9.17) is 14.7 Å². The highest BCUT2D eigenvalue weighted by Gasteiger charge is 2.16. The Morgan fingerprint density at radius 1 is 1.09 bits per heavy atom. The second-order valence-electron chi connectivity index (χ2n) is 5.15. The fraction of sp³-hybridized carbons (Fsp3) is 0.118. The first-order valence-electron chi connectivity index (χ1n) is 7.11. The van der Waals surface area contributed by atoms with Gasteiger partial charge in [0, 0.05) is 5.56 Å². The van der Waals surface area contributed by atoms with E-state index in [1.165, 1.54) is 0 Å². The van der Waals surface area contributed by atoms with E-state index >= 15 is 0 Å². The van der Waals surface area contributed by atoms with Crippen LogP contribution in [-0.2, 0) is 6.54 Å². The van der Waals surface area contributed by atoms with Crippen molar-refractivity contribution in [2.24, 2.45) is 0 Å². The Morgan fingerprint density at radius 3 is 2.74 bits per heavy atom. The summed E-state index contributed by atoms with van der Waals surface area (Å²) in [7, 11) is 0. The van der Waals surface area contributed by atoms with Gasteiger partial charge in [-0.2, -0.15) is 5.26 Å². The lowest BCUT2D eigenvalue weighted by Gasteiger charge is -2.07. The second kappa shape index (κ2) is 5.46. The Kier molecular flexibility index (Phi) is 3.17. The lowest BCUT2D eigenvalue weighted by molar-refractivity contribution is 0.174. The Morgan fingerprint density at radius 2 is 1.91 bits per heavy atom. The molecule has 1 aliphatic heterocycles. The van der Waals surface area contributed by atoms with Crippen LogP contribution in [0.4, 0.5) is 0 Å². The molecule has 0 radical (unpaired) electrons. The van der Waals surface area contributed by atoms with E-state index < -0.39 is 0 Å². The van der Waals surface area contributed by atoms with Gasteiger partial charge >= 0.3 is 0 Å². The van der Waals surface area contributed by atoms with Gasteiger partial charge in [-0.25, -0.2) is 4.68 Å². The minimum Gasteiger partial charge on any atom is -0.454 e. The third kappa shape index (κ3) is 2.49. The average molecular weight is 304 g/mol. The Hall–Kier alpha value is -3.33. The Bertz CT molecular complexity index is 894. The van der Waals surface area contributed by atoms with Crippen LogP contribution in [0.15, 0.2) is 48.7 Å². The number of fused-ring (bicyclic) bond motifs is 1. The van der Waals surface area contributed by atoms with E-state index in [0.717, 1.165) is 28.3 Å². The monoisotopic (exact) mass is 304 g/mol. The molecule has 2 aromatic carbocycles. The molecule has 23 heavy (non-hydrogen) atoms. The predicted octanol–water partition coefficient (Wildman–Crippen LogP) is 2.59. The zero-order chi connectivity index (χ0) is 15.6. The first-order valence-corrected chi connectivity index (χ1v) is 7.11. The molecule has 0 fully saturated rings. The van der Waals surface area contributed by atoms with Crippen LogP contribution in [0.25, 0.3) is 11.3 Å². The topological polar surface area (TPSA) is 73.0 Å². The molecule has 0 atom stereocenters. The molecule has 0 amide bonds. The second-order valence-corrected chi connectivity index (χ2v) is 5.15. The SMILES string of the molecule is N#Cc1ccc(Cn2nncc2-c2ccc3c(c2)OCO3)cc1. The van der Waals surface area contributed by atoms with Gasteiger partial charge in [0.2, 0.25) is 6.79 Å². The van der Waals surface area contributed by atoms with Crippen molar-refractivity contribution < 1.29 is 9.47 Å². The first-order chi connectivity index (χ1) is 11.3. The molecule has 112 valence electrons. The first kappa shape index (κ1) is 13.3. The van der Waals surface area contributed by atoms with Crippen molar-refractivity contribution in [1.82, 2.24) is 15.0 Å². The van der Waals surface area contributed by atoms with Crippen molar-refractivity contribution in [3.05, 3.63) is 59.8 Å². The fourth-order valence-corrected chi connectivity index (χ4v) is 2.51. The summed E-state index contributed by atoms with van der Waals surface area (Å²) in [6, 6.07) is 15.3. The molecule has 0 aliphatic carbocycles. The lowest BCUT2D eigenvalue weighted by Crippen LogP contribution is -2.04. The van der Waals surface area contributed by atoms with Gasteiger partial charge in [-0.05, 0) is 35.9 Å². The summed E-state index contributed by atoms with van der Waals surface area (Å²) >= 11 is 0. The van der Waals surface area contributed by atoms with Crippen molar-refractivity contribution in [2.45, 2.75) is 6.54 Å². The molecule has 2 heterocycles. The number of ether oxygens (including phenoxy) is 2. The molecule has 4 rings (SSSR count). The summed E-state index contributed by atoms with van der Waals surface area (Å²) in [5.41, 5.74) is 3.56. The minimum atomic E-state index is 0.252. The molecule has 6 heteroatoms. The maximum Gasteiger partial charge on any atom is 0.231 e. The van der Waals surface area contributed by atoms with Gasteiger partial charge in [-0.1, -0.05) is 17.3 Å². The molecule has 0 saturated heterocycles. The molecule has 3 aromatic rings. The number of aromatic nitrogens is 3. The van der Waals surface area contributed by atoms with Crippen LogP contribution < -0.4 is 9.47 Å². The third-order valence-electron chi connectivity index (χ3n) is 3.70. The summed E-state index contributed by atoms with van der Waals surface area (Å²) < 4.78 is 12.6. The van der Waals surface area contributed by atoms with Crippen LogP contribution in [0.2, 0.25) is 0 Å². The number of hydrogen-bond acceptors (Lipinski definition) is 5. The summed E-state index contributed by atoms with van der Waals surface area (Å²) in [6.07, 6.45) is 1.72.